The Bertz CT molecular complexity index is 414. The molecule has 1 atom stereocenters. The number of anilines is 1. The van der Waals surface area contributed by atoms with Gasteiger partial charge in [-0.3, -0.25) is 9.48 Å². The standard InChI is InChI=1S/C12H21N5O/c1-15(2)8-11-4-3-5-17(11)12(18)9-16-7-10(13)6-14-16/h6-7,11H,3-5,8-9,13H2,1-2H3. The first-order valence-electron chi connectivity index (χ1n) is 6.28. The van der Waals surface area contributed by atoms with Crippen molar-refractivity contribution < 1.29 is 4.79 Å². The van der Waals surface area contributed by atoms with Crippen molar-refractivity contribution in [2.45, 2.75) is 25.4 Å². The van der Waals surface area contributed by atoms with Gasteiger partial charge < -0.3 is 15.5 Å². The van der Waals surface area contributed by atoms with Crippen LogP contribution >= 0.6 is 0 Å². The van der Waals surface area contributed by atoms with Crippen LogP contribution in [0.3, 0.4) is 0 Å². The third kappa shape index (κ3) is 3.01. The molecule has 0 aliphatic carbocycles. The van der Waals surface area contributed by atoms with Crippen molar-refractivity contribution >= 4 is 11.6 Å². The van der Waals surface area contributed by atoms with Gasteiger partial charge >= 0.3 is 0 Å². The van der Waals surface area contributed by atoms with Crippen molar-refractivity contribution in [3.8, 4) is 0 Å². The van der Waals surface area contributed by atoms with Crippen LogP contribution in [0, 0.1) is 0 Å². The second kappa shape index (κ2) is 5.39. The number of likely N-dealkylation sites (tertiary alicyclic amines) is 1. The van der Waals surface area contributed by atoms with Crippen LogP contribution < -0.4 is 5.73 Å². The summed E-state index contributed by atoms with van der Waals surface area (Å²) in [6.45, 7) is 2.06. The summed E-state index contributed by atoms with van der Waals surface area (Å²) in [7, 11) is 4.07. The van der Waals surface area contributed by atoms with Gasteiger partial charge in [0.15, 0.2) is 0 Å². The number of likely N-dealkylation sites (N-methyl/N-ethyl adjacent to an activating group) is 1. The molecule has 2 heterocycles. The fraction of sp³-hybridized carbons (Fsp3) is 0.667. The Balaban J connectivity index is 1.95. The molecule has 1 saturated heterocycles. The van der Waals surface area contributed by atoms with E-state index < -0.39 is 0 Å². The van der Waals surface area contributed by atoms with E-state index in [1.807, 2.05) is 19.0 Å². The van der Waals surface area contributed by atoms with E-state index in [9.17, 15) is 4.79 Å². The van der Waals surface area contributed by atoms with Gasteiger partial charge in [0.25, 0.3) is 0 Å². The molecule has 1 unspecified atom stereocenters. The van der Waals surface area contributed by atoms with Gasteiger partial charge in [0.2, 0.25) is 5.91 Å². The molecule has 6 heteroatoms. The number of rotatable bonds is 4. The van der Waals surface area contributed by atoms with Gasteiger partial charge in [-0.1, -0.05) is 0 Å². The maximum atomic E-state index is 12.2. The molecule has 1 aromatic heterocycles. The first-order chi connectivity index (χ1) is 8.56. The van der Waals surface area contributed by atoms with E-state index >= 15 is 0 Å². The van der Waals surface area contributed by atoms with Crippen molar-refractivity contribution in [1.82, 2.24) is 19.6 Å². The lowest BCUT2D eigenvalue weighted by Crippen LogP contribution is -2.42. The number of carbonyl (C=O) groups is 1. The fourth-order valence-electron chi connectivity index (χ4n) is 2.47. The van der Waals surface area contributed by atoms with Crippen molar-refractivity contribution in [3.05, 3.63) is 12.4 Å². The second-order valence-corrected chi connectivity index (χ2v) is 5.12. The molecule has 0 saturated carbocycles. The molecule has 2 N–H and O–H groups in total. The van der Waals surface area contributed by atoms with Gasteiger partial charge in [-0.15, -0.1) is 0 Å². The lowest BCUT2D eigenvalue weighted by Gasteiger charge is -2.27. The summed E-state index contributed by atoms with van der Waals surface area (Å²) in [5.41, 5.74) is 6.18. The monoisotopic (exact) mass is 251 g/mol. The summed E-state index contributed by atoms with van der Waals surface area (Å²) >= 11 is 0. The van der Waals surface area contributed by atoms with Crippen LogP contribution in [0.5, 0.6) is 0 Å². The highest BCUT2D eigenvalue weighted by Gasteiger charge is 2.28. The van der Waals surface area contributed by atoms with E-state index in [-0.39, 0.29) is 12.5 Å². The normalized spacial score (nSPS) is 19.7. The molecule has 1 fully saturated rings. The maximum Gasteiger partial charge on any atom is 0.244 e. The third-order valence-electron chi connectivity index (χ3n) is 3.22. The summed E-state index contributed by atoms with van der Waals surface area (Å²) in [6, 6.07) is 0.334. The number of aromatic nitrogens is 2. The highest BCUT2D eigenvalue weighted by Crippen LogP contribution is 2.18. The van der Waals surface area contributed by atoms with Crippen molar-refractivity contribution in [3.63, 3.8) is 0 Å². The van der Waals surface area contributed by atoms with E-state index in [0.717, 1.165) is 25.9 Å². The van der Waals surface area contributed by atoms with E-state index in [1.165, 1.54) is 0 Å². The largest absolute Gasteiger partial charge is 0.396 e. The minimum Gasteiger partial charge on any atom is -0.396 e. The Labute approximate surface area is 107 Å². The predicted molar refractivity (Wildman–Crippen MR) is 69.9 cm³/mol. The van der Waals surface area contributed by atoms with Crippen LogP contribution in [-0.2, 0) is 11.3 Å². The molecule has 0 aromatic carbocycles. The Morgan fingerprint density at radius 2 is 2.39 bits per heavy atom. The van der Waals surface area contributed by atoms with Crippen LogP contribution in [-0.4, -0.2) is 58.7 Å². The molecule has 2 rings (SSSR count). The van der Waals surface area contributed by atoms with Gasteiger partial charge in [0, 0.05) is 25.3 Å². The van der Waals surface area contributed by atoms with Gasteiger partial charge in [0.1, 0.15) is 6.54 Å². The zero-order valence-corrected chi connectivity index (χ0v) is 11.0. The van der Waals surface area contributed by atoms with E-state index in [1.54, 1.807) is 17.1 Å². The fourth-order valence-corrected chi connectivity index (χ4v) is 2.47. The molecule has 100 valence electrons. The average molecular weight is 251 g/mol. The molecular formula is C12H21N5O. The van der Waals surface area contributed by atoms with Crippen molar-refractivity contribution in [2.75, 3.05) is 32.9 Å². The molecule has 1 aliphatic rings. The van der Waals surface area contributed by atoms with Crippen molar-refractivity contribution in [1.29, 1.82) is 0 Å². The van der Waals surface area contributed by atoms with Crippen LogP contribution in [0.15, 0.2) is 12.4 Å². The maximum absolute atomic E-state index is 12.2. The van der Waals surface area contributed by atoms with E-state index in [2.05, 4.69) is 10.00 Å². The average Bonchev–Trinajstić information content (AvgIpc) is 2.87. The number of amides is 1. The number of hydrogen-bond acceptors (Lipinski definition) is 4. The number of hydrogen-bond donors (Lipinski definition) is 1. The van der Waals surface area contributed by atoms with Gasteiger partial charge in [-0.05, 0) is 26.9 Å². The molecular weight excluding hydrogens is 230 g/mol. The Morgan fingerprint density at radius 1 is 1.61 bits per heavy atom. The topological polar surface area (TPSA) is 67.4 Å². The first kappa shape index (κ1) is 12.9. The number of nitrogens with zero attached hydrogens (tertiary/aromatic N) is 4. The van der Waals surface area contributed by atoms with Crippen LogP contribution in [0.25, 0.3) is 0 Å². The molecule has 18 heavy (non-hydrogen) atoms. The number of nitrogens with two attached hydrogens (primary N) is 1. The third-order valence-corrected chi connectivity index (χ3v) is 3.22. The Hall–Kier alpha value is -1.56. The highest BCUT2D eigenvalue weighted by molar-refractivity contribution is 5.76. The zero-order valence-electron chi connectivity index (χ0n) is 11.0. The minimum atomic E-state index is 0.127. The molecule has 6 nitrogen and oxygen atoms in total. The number of carbonyl (C=O) groups excluding carboxylic acids is 1. The lowest BCUT2D eigenvalue weighted by atomic mass is 10.2. The minimum absolute atomic E-state index is 0.127. The Morgan fingerprint density at radius 3 is 3.00 bits per heavy atom. The highest BCUT2D eigenvalue weighted by atomic mass is 16.2. The van der Waals surface area contributed by atoms with E-state index in [4.69, 9.17) is 5.73 Å². The summed E-state index contributed by atoms with van der Waals surface area (Å²) in [5.74, 6) is 0.127. The SMILES string of the molecule is CN(C)CC1CCCN1C(=O)Cn1cc(N)cn1. The molecule has 0 spiro atoms. The first-order valence-corrected chi connectivity index (χ1v) is 6.28. The summed E-state index contributed by atoms with van der Waals surface area (Å²) < 4.78 is 1.60. The Kier molecular flexibility index (Phi) is 3.86. The van der Waals surface area contributed by atoms with Gasteiger partial charge in [-0.2, -0.15) is 5.10 Å². The lowest BCUT2D eigenvalue weighted by molar-refractivity contribution is -0.133. The summed E-state index contributed by atoms with van der Waals surface area (Å²) in [4.78, 5) is 16.3. The molecule has 1 aromatic rings. The smallest absolute Gasteiger partial charge is 0.244 e. The van der Waals surface area contributed by atoms with Crippen molar-refractivity contribution in [2.24, 2.45) is 0 Å². The number of nitrogen functional groups attached to an aromatic ring is 1. The quantitative estimate of drug-likeness (QED) is 0.819. The summed E-state index contributed by atoms with van der Waals surface area (Å²) in [5, 5.41) is 4.05. The van der Waals surface area contributed by atoms with Crippen LogP contribution in [0.2, 0.25) is 0 Å². The van der Waals surface area contributed by atoms with Crippen LogP contribution in [0.4, 0.5) is 5.69 Å². The zero-order chi connectivity index (χ0) is 13.1. The van der Waals surface area contributed by atoms with E-state index in [0.29, 0.717) is 11.7 Å². The molecule has 1 aliphatic heterocycles. The molecule has 1 amide bonds. The second-order valence-electron chi connectivity index (χ2n) is 5.12. The summed E-state index contributed by atoms with van der Waals surface area (Å²) in [6.07, 6.45) is 5.43. The predicted octanol–water partition coefficient (Wildman–Crippen LogP) is 0.0179. The molecule has 0 bridgehead atoms. The van der Waals surface area contributed by atoms with Gasteiger partial charge in [0.05, 0.1) is 11.9 Å². The van der Waals surface area contributed by atoms with Crippen LogP contribution in [0.1, 0.15) is 12.8 Å². The van der Waals surface area contributed by atoms with Gasteiger partial charge in [-0.25, -0.2) is 0 Å². The molecule has 0 radical (unpaired) electrons.